The number of hydrogen-bond acceptors (Lipinski definition) is 5. The van der Waals surface area contributed by atoms with Crippen LogP contribution in [0.15, 0.2) is 30.3 Å². The van der Waals surface area contributed by atoms with Gasteiger partial charge in [0.25, 0.3) is 5.91 Å². The van der Waals surface area contributed by atoms with Crippen molar-refractivity contribution < 1.29 is 19.2 Å². The Balaban J connectivity index is 1.73. The summed E-state index contributed by atoms with van der Waals surface area (Å²) in [5.74, 6) is 1.44. The summed E-state index contributed by atoms with van der Waals surface area (Å²) in [6.45, 7) is 6.53. The second-order valence-corrected chi connectivity index (χ2v) is 8.70. The predicted octanol–water partition coefficient (Wildman–Crippen LogP) is 2.48. The minimum atomic E-state index is -0.0138. The molecule has 3 aromatic rings. The van der Waals surface area contributed by atoms with Crippen molar-refractivity contribution in [2.24, 2.45) is 0 Å². The van der Waals surface area contributed by atoms with Crippen LogP contribution in [0.4, 0.5) is 5.13 Å². The Labute approximate surface area is 174 Å². The standard InChI is InChI=1S/C22H25N3O3S/c1-14-5-6-16(15(2)11-14)21(26)25(8-7-24(3)4)22-23-17-12-18-19(13-20(17)29-22)28-10-9-27-18/h5-6,11-13H,7-10H2,1-4H3/p+1. The van der Waals surface area contributed by atoms with E-state index in [0.29, 0.717) is 30.6 Å². The third kappa shape index (κ3) is 4.06. The molecule has 29 heavy (non-hydrogen) atoms. The molecule has 152 valence electrons. The minimum absolute atomic E-state index is 0.0138. The monoisotopic (exact) mass is 412 g/mol. The molecule has 0 fully saturated rings. The van der Waals surface area contributed by atoms with Crippen molar-refractivity contribution in [2.45, 2.75) is 13.8 Å². The Morgan fingerprint density at radius 3 is 2.55 bits per heavy atom. The van der Waals surface area contributed by atoms with E-state index in [-0.39, 0.29) is 5.91 Å². The van der Waals surface area contributed by atoms with Crippen molar-refractivity contribution in [3.63, 3.8) is 0 Å². The van der Waals surface area contributed by atoms with Gasteiger partial charge in [-0.2, -0.15) is 0 Å². The quantitative estimate of drug-likeness (QED) is 0.700. The van der Waals surface area contributed by atoms with Gasteiger partial charge in [-0.3, -0.25) is 9.69 Å². The summed E-state index contributed by atoms with van der Waals surface area (Å²) < 4.78 is 12.4. The van der Waals surface area contributed by atoms with Crippen LogP contribution in [0, 0.1) is 13.8 Å². The van der Waals surface area contributed by atoms with Gasteiger partial charge in [-0.15, -0.1) is 0 Å². The molecule has 1 aliphatic rings. The fourth-order valence-electron chi connectivity index (χ4n) is 3.39. The molecule has 0 spiro atoms. The highest BCUT2D eigenvalue weighted by Crippen LogP contribution is 2.39. The molecule has 1 amide bonds. The Hall–Kier alpha value is -2.64. The smallest absolute Gasteiger partial charge is 0.260 e. The predicted molar refractivity (Wildman–Crippen MR) is 116 cm³/mol. The van der Waals surface area contributed by atoms with Crippen LogP contribution in [0.25, 0.3) is 10.2 Å². The van der Waals surface area contributed by atoms with Crippen LogP contribution in [-0.4, -0.2) is 51.3 Å². The first-order chi connectivity index (χ1) is 13.9. The average molecular weight is 413 g/mol. The number of anilines is 1. The summed E-state index contributed by atoms with van der Waals surface area (Å²) in [4.78, 5) is 21.3. The van der Waals surface area contributed by atoms with Crippen LogP contribution in [-0.2, 0) is 0 Å². The van der Waals surface area contributed by atoms with Crippen LogP contribution < -0.4 is 19.3 Å². The molecule has 1 aliphatic heterocycles. The zero-order valence-electron chi connectivity index (χ0n) is 17.2. The maximum atomic E-state index is 13.5. The van der Waals surface area contributed by atoms with Gasteiger partial charge in [0.05, 0.1) is 37.4 Å². The van der Waals surface area contributed by atoms with Gasteiger partial charge >= 0.3 is 0 Å². The lowest BCUT2D eigenvalue weighted by molar-refractivity contribution is -0.856. The molecule has 0 bridgehead atoms. The van der Waals surface area contributed by atoms with Crippen molar-refractivity contribution in [2.75, 3.05) is 45.3 Å². The van der Waals surface area contributed by atoms with Crippen molar-refractivity contribution in [1.82, 2.24) is 4.98 Å². The van der Waals surface area contributed by atoms with Gasteiger partial charge in [-0.1, -0.05) is 29.0 Å². The molecule has 2 aromatic carbocycles. The lowest BCUT2D eigenvalue weighted by Crippen LogP contribution is -3.06. The Kier molecular flexibility index (Phi) is 5.43. The molecule has 0 atom stereocenters. The molecule has 1 N–H and O–H groups in total. The van der Waals surface area contributed by atoms with Gasteiger partial charge in [-0.05, 0) is 25.5 Å². The molecule has 4 rings (SSSR count). The van der Waals surface area contributed by atoms with Crippen LogP contribution in [0.2, 0.25) is 0 Å². The molecule has 7 heteroatoms. The Morgan fingerprint density at radius 2 is 1.86 bits per heavy atom. The fourth-order valence-corrected chi connectivity index (χ4v) is 4.39. The van der Waals surface area contributed by atoms with E-state index in [4.69, 9.17) is 14.5 Å². The molecule has 0 unspecified atom stereocenters. The fraction of sp³-hybridized carbons (Fsp3) is 0.364. The van der Waals surface area contributed by atoms with E-state index in [0.717, 1.165) is 39.2 Å². The Morgan fingerprint density at radius 1 is 1.14 bits per heavy atom. The number of ether oxygens (including phenoxy) is 2. The first kappa shape index (κ1) is 19.7. The molecule has 0 saturated heterocycles. The second-order valence-electron chi connectivity index (χ2n) is 7.69. The number of quaternary nitrogens is 1. The number of amides is 1. The minimum Gasteiger partial charge on any atom is -0.486 e. The molecule has 1 aromatic heterocycles. The molecule has 0 radical (unpaired) electrons. The lowest BCUT2D eigenvalue weighted by Gasteiger charge is -2.21. The first-order valence-corrected chi connectivity index (χ1v) is 10.6. The van der Waals surface area contributed by atoms with Crippen LogP contribution in [0.1, 0.15) is 21.5 Å². The van der Waals surface area contributed by atoms with E-state index in [2.05, 4.69) is 14.1 Å². The van der Waals surface area contributed by atoms with Crippen molar-refractivity contribution in [1.29, 1.82) is 0 Å². The van der Waals surface area contributed by atoms with Crippen LogP contribution >= 0.6 is 11.3 Å². The third-order valence-corrected chi connectivity index (χ3v) is 6.01. The largest absolute Gasteiger partial charge is 0.486 e. The summed E-state index contributed by atoms with van der Waals surface area (Å²) in [7, 11) is 4.17. The van der Waals surface area contributed by atoms with Crippen molar-refractivity contribution in [3.8, 4) is 11.5 Å². The number of nitrogens with zero attached hydrogens (tertiary/aromatic N) is 2. The number of carbonyl (C=O) groups is 1. The van der Waals surface area contributed by atoms with Crippen LogP contribution in [0.5, 0.6) is 11.5 Å². The zero-order valence-corrected chi connectivity index (χ0v) is 18.1. The van der Waals surface area contributed by atoms with E-state index < -0.39 is 0 Å². The number of nitrogens with one attached hydrogen (secondary N) is 1. The SMILES string of the molecule is Cc1ccc(C(=O)N(CC[NH+](C)C)c2nc3cc4c(cc3s2)OCCO4)c(C)c1. The molecule has 0 aliphatic carbocycles. The number of rotatable bonds is 5. The van der Waals surface area contributed by atoms with Crippen molar-refractivity contribution >= 4 is 32.6 Å². The number of benzene rings is 2. The number of aromatic nitrogens is 1. The highest BCUT2D eigenvalue weighted by atomic mass is 32.1. The number of thiazole rings is 1. The Bertz CT molecular complexity index is 1020. The lowest BCUT2D eigenvalue weighted by atomic mass is 10.0. The second kappa shape index (κ2) is 8.00. The molecule has 2 heterocycles. The van der Waals surface area contributed by atoms with E-state index >= 15 is 0 Å². The first-order valence-electron chi connectivity index (χ1n) is 9.80. The molecule has 0 saturated carbocycles. The summed E-state index contributed by atoms with van der Waals surface area (Å²) in [6.07, 6.45) is 0. The van der Waals surface area contributed by atoms with Crippen molar-refractivity contribution in [3.05, 3.63) is 47.0 Å². The number of aryl methyl sites for hydroxylation is 2. The maximum Gasteiger partial charge on any atom is 0.260 e. The zero-order chi connectivity index (χ0) is 20.5. The highest BCUT2D eigenvalue weighted by molar-refractivity contribution is 7.22. The number of hydrogen-bond donors (Lipinski definition) is 1. The average Bonchev–Trinajstić information content (AvgIpc) is 3.08. The van der Waals surface area contributed by atoms with E-state index in [9.17, 15) is 4.79 Å². The molecular formula is C22H26N3O3S+. The molecule has 6 nitrogen and oxygen atoms in total. The summed E-state index contributed by atoms with van der Waals surface area (Å²) in [6, 6.07) is 9.80. The van der Waals surface area contributed by atoms with Gasteiger partial charge in [0, 0.05) is 17.7 Å². The van der Waals surface area contributed by atoms with Gasteiger partial charge in [0.15, 0.2) is 16.6 Å². The third-order valence-electron chi connectivity index (χ3n) is 4.96. The number of fused-ring (bicyclic) bond motifs is 2. The van der Waals surface area contributed by atoms with Gasteiger partial charge in [0.1, 0.15) is 13.2 Å². The van der Waals surface area contributed by atoms with Gasteiger partial charge in [0.2, 0.25) is 0 Å². The van der Waals surface area contributed by atoms with E-state index in [1.165, 1.54) is 16.2 Å². The van der Waals surface area contributed by atoms with E-state index in [1.54, 1.807) is 4.90 Å². The number of likely N-dealkylation sites (N-methyl/N-ethyl adjacent to an activating group) is 1. The highest BCUT2D eigenvalue weighted by Gasteiger charge is 2.24. The topological polar surface area (TPSA) is 56.1 Å². The summed E-state index contributed by atoms with van der Waals surface area (Å²) in [5, 5.41) is 0.702. The van der Waals surface area contributed by atoms with Gasteiger partial charge < -0.3 is 14.4 Å². The van der Waals surface area contributed by atoms with E-state index in [1.807, 2.05) is 44.2 Å². The number of carbonyl (C=O) groups excluding carboxylic acids is 1. The van der Waals surface area contributed by atoms with Gasteiger partial charge in [-0.25, -0.2) is 4.98 Å². The normalized spacial score (nSPS) is 13.1. The summed E-state index contributed by atoms with van der Waals surface area (Å²) in [5.41, 5.74) is 3.67. The molecular weight excluding hydrogens is 386 g/mol. The summed E-state index contributed by atoms with van der Waals surface area (Å²) >= 11 is 1.51. The van der Waals surface area contributed by atoms with Crippen LogP contribution in [0.3, 0.4) is 0 Å². The maximum absolute atomic E-state index is 13.5.